The summed E-state index contributed by atoms with van der Waals surface area (Å²) in [7, 11) is 0. The molecule has 6 rings (SSSR count). The summed E-state index contributed by atoms with van der Waals surface area (Å²) in [5.74, 6) is 1.34. The van der Waals surface area contributed by atoms with Crippen molar-refractivity contribution in [1.29, 1.82) is 0 Å². The van der Waals surface area contributed by atoms with Crippen LogP contribution >= 0.6 is 11.6 Å². The molecule has 8 heteroatoms. The van der Waals surface area contributed by atoms with Gasteiger partial charge in [0.15, 0.2) is 0 Å². The molecule has 0 amide bonds. The summed E-state index contributed by atoms with van der Waals surface area (Å²) in [5, 5.41) is 1.90. The molecule has 0 aliphatic carbocycles. The van der Waals surface area contributed by atoms with Crippen LogP contribution in [0.4, 0.5) is 5.95 Å². The van der Waals surface area contributed by atoms with Crippen LogP contribution in [-0.2, 0) is 11.2 Å². The minimum Gasteiger partial charge on any atom is -0.493 e. The van der Waals surface area contributed by atoms with Gasteiger partial charge in [0, 0.05) is 47.1 Å². The molecule has 2 unspecified atom stereocenters. The topological polar surface area (TPSA) is 74.4 Å². The van der Waals surface area contributed by atoms with Crippen molar-refractivity contribution in [2.24, 2.45) is 5.92 Å². The van der Waals surface area contributed by atoms with Crippen molar-refractivity contribution in [2.75, 3.05) is 37.7 Å². The number of aromatic nitrogens is 3. The van der Waals surface area contributed by atoms with E-state index in [0.29, 0.717) is 12.6 Å². The Kier molecular flexibility index (Phi) is 7.29. The molecule has 0 saturated carbocycles. The Morgan fingerprint density at radius 2 is 1.84 bits per heavy atom. The number of aromatic amines is 1. The zero-order valence-corrected chi connectivity index (χ0v) is 22.1. The SMILES string of the molecule is O=CC(COc1ccc(C2c3[nH]c4ccc(Cl)cc4c3CCN2c2ncccn2)cc1)CN1CCCCC1. The lowest BCUT2D eigenvalue weighted by atomic mass is 9.92. The van der Waals surface area contributed by atoms with Gasteiger partial charge >= 0.3 is 0 Å². The van der Waals surface area contributed by atoms with E-state index < -0.39 is 0 Å². The molecule has 1 saturated heterocycles. The molecule has 0 radical (unpaired) electrons. The van der Waals surface area contributed by atoms with Gasteiger partial charge in [-0.25, -0.2) is 9.97 Å². The molecule has 2 aromatic heterocycles. The summed E-state index contributed by atoms with van der Waals surface area (Å²) in [6, 6.07) is 16.0. The zero-order valence-electron chi connectivity index (χ0n) is 21.4. The molecule has 1 N–H and O–H groups in total. The van der Waals surface area contributed by atoms with Gasteiger partial charge in [0.2, 0.25) is 5.95 Å². The van der Waals surface area contributed by atoms with E-state index in [2.05, 4.69) is 36.9 Å². The number of aldehydes is 1. The molecule has 2 aliphatic rings. The Morgan fingerprint density at radius 1 is 1.05 bits per heavy atom. The highest BCUT2D eigenvalue weighted by molar-refractivity contribution is 6.31. The quantitative estimate of drug-likeness (QED) is 0.306. The first kappa shape index (κ1) is 24.9. The van der Waals surface area contributed by atoms with E-state index in [-0.39, 0.29) is 12.0 Å². The molecule has 7 nitrogen and oxygen atoms in total. The fraction of sp³-hybridized carbons (Fsp3) is 0.367. The summed E-state index contributed by atoms with van der Waals surface area (Å²) in [4.78, 5) is 29.1. The number of H-pyrrole nitrogens is 1. The summed E-state index contributed by atoms with van der Waals surface area (Å²) >= 11 is 6.35. The molecule has 2 aromatic carbocycles. The van der Waals surface area contributed by atoms with Crippen molar-refractivity contribution in [3.8, 4) is 5.75 Å². The number of anilines is 1. The van der Waals surface area contributed by atoms with Gasteiger partial charge in [0.1, 0.15) is 12.0 Å². The number of fused-ring (bicyclic) bond motifs is 3. The summed E-state index contributed by atoms with van der Waals surface area (Å²) in [6.45, 7) is 4.09. The minimum absolute atomic E-state index is 0.0804. The number of hydrogen-bond donors (Lipinski definition) is 1. The number of halogens is 1. The first-order valence-electron chi connectivity index (χ1n) is 13.4. The van der Waals surface area contributed by atoms with E-state index in [0.717, 1.165) is 66.4 Å². The van der Waals surface area contributed by atoms with Gasteiger partial charge in [-0.1, -0.05) is 30.2 Å². The molecule has 1 fully saturated rings. The Morgan fingerprint density at radius 3 is 2.61 bits per heavy atom. The van der Waals surface area contributed by atoms with Gasteiger partial charge in [-0.05, 0) is 79.9 Å². The van der Waals surface area contributed by atoms with Crippen molar-refractivity contribution in [3.63, 3.8) is 0 Å². The van der Waals surface area contributed by atoms with E-state index >= 15 is 0 Å². The standard InChI is InChI=1S/C30H32ClN5O2/c31-23-7-10-27-26(17-23)25-11-16-36(30-32-12-4-13-33-30)29(28(25)34-27)22-5-8-24(9-6-22)38-20-21(19-37)18-35-14-2-1-3-15-35/h4-10,12-13,17,19,21,29,34H,1-3,11,14-16,18,20H2. The van der Waals surface area contributed by atoms with Crippen LogP contribution < -0.4 is 9.64 Å². The monoisotopic (exact) mass is 529 g/mol. The molecule has 2 aliphatic heterocycles. The molecule has 2 atom stereocenters. The minimum atomic E-state index is -0.127. The molecule has 0 spiro atoms. The van der Waals surface area contributed by atoms with Crippen LogP contribution in [0.2, 0.25) is 5.02 Å². The highest BCUT2D eigenvalue weighted by atomic mass is 35.5. The second kappa shape index (κ2) is 11.1. The first-order chi connectivity index (χ1) is 18.7. The number of nitrogens with zero attached hydrogens (tertiary/aromatic N) is 4. The molecular formula is C30H32ClN5O2. The van der Waals surface area contributed by atoms with E-state index in [1.165, 1.54) is 30.2 Å². The van der Waals surface area contributed by atoms with Crippen LogP contribution in [0.3, 0.4) is 0 Å². The predicted molar refractivity (Wildman–Crippen MR) is 150 cm³/mol. The summed E-state index contributed by atoms with van der Waals surface area (Å²) in [5.41, 5.74) is 4.61. The third-order valence-electron chi connectivity index (χ3n) is 7.69. The number of piperidine rings is 1. The normalized spacial score (nSPS) is 18.8. The number of carbonyl (C=O) groups excluding carboxylic acids is 1. The number of benzene rings is 2. The maximum absolute atomic E-state index is 11.7. The molecule has 0 bridgehead atoms. The van der Waals surface area contributed by atoms with E-state index in [4.69, 9.17) is 16.3 Å². The summed E-state index contributed by atoms with van der Waals surface area (Å²) in [6.07, 6.45) is 9.18. The first-order valence-corrected chi connectivity index (χ1v) is 13.8. The largest absolute Gasteiger partial charge is 0.493 e. The highest BCUT2D eigenvalue weighted by Crippen LogP contribution is 2.40. The number of carbonyl (C=O) groups is 1. The maximum Gasteiger partial charge on any atom is 0.226 e. The Hall–Kier alpha value is -3.42. The Balaban J connectivity index is 1.25. The zero-order chi connectivity index (χ0) is 25.9. The van der Waals surface area contributed by atoms with Crippen LogP contribution in [0.5, 0.6) is 5.75 Å². The number of ether oxygens (including phenoxy) is 1. The number of nitrogens with one attached hydrogen (secondary N) is 1. The van der Waals surface area contributed by atoms with Crippen LogP contribution in [0.1, 0.15) is 42.1 Å². The van der Waals surface area contributed by atoms with Crippen molar-refractivity contribution in [3.05, 3.63) is 82.8 Å². The van der Waals surface area contributed by atoms with Gasteiger partial charge in [-0.3, -0.25) is 0 Å². The van der Waals surface area contributed by atoms with Crippen molar-refractivity contribution >= 4 is 34.7 Å². The van der Waals surface area contributed by atoms with Gasteiger partial charge in [0.05, 0.1) is 18.6 Å². The Bertz CT molecular complexity index is 1390. The van der Waals surface area contributed by atoms with Crippen LogP contribution in [0.15, 0.2) is 60.9 Å². The summed E-state index contributed by atoms with van der Waals surface area (Å²) < 4.78 is 6.07. The van der Waals surface area contributed by atoms with E-state index in [9.17, 15) is 4.79 Å². The third-order valence-corrected chi connectivity index (χ3v) is 7.93. The van der Waals surface area contributed by atoms with Crippen LogP contribution in [0.25, 0.3) is 10.9 Å². The van der Waals surface area contributed by atoms with E-state index in [1.807, 2.05) is 36.4 Å². The van der Waals surface area contributed by atoms with Gasteiger partial charge in [0.25, 0.3) is 0 Å². The highest BCUT2D eigenvalue weighted by Gasteiger charge is 2.33. The van der Waals surface area contributed by atoms with Gasteiger partial charge < -0.3 is 24.3 Å². The lowest BCUT2D eigenvalue weighted by Gasteiger charge is -2.36. The lowest BCUT2D eigenvalue weighted by molar-refractivity contribution is -0.112. The Labute approximate surface area is 227 Å². The molecule has 4 heterocycles. The fourth-order valence-electron chi connectivity index (χ4n) is 5.82. The van der Waals surface area contributed by atoms with E-state index in [1.54, 1.807) is 12.4 Å². The second-order valence-corrected chi connectivity index (χ2v) is 10.7. The third kappa shape index (κ3) is 5.13. The smallest absolute Gasteiger partial charge is 0.226 e. The van der Waals surface area contributed by atoms with Crippen molar-refractivity contribution in [1.82, 2.24) is 19.9 Å². The van der Waals surface area contributed by atoms with Crippen molar-refractivity contribution < 1.29 is 9.53 Å². The predicted octanol–water partition coefficient (Wildman–Crippen LogP) is 5.44. The fourth-order valence-corrected chi connectivity index (χ4v) is 5.99. The number of hydrogen-bond acceptors (Lipinski definition) is 6. The van der Waals surface area contributed by atoms with Gasteiger partial charge in [-0.15, -0.1) is 0 Å². The number of rotatable bonds is 8. The van der Waals surface area contributed by atoms with Crippen molar-refractivity contribution in [2.45, 2.75) is 31.7 Å². The molecule has 38 heavy (non-hydrogen) atoms. The molecule has 196 valence electrons. The van der Waals surface area contributed by atoms with Crippen LogP contribution in [0, 0.1) is 5.92 Å². The molecule has 4 aromatic rings. The average Bonchev–Trinajstić information content (AvgIpc) is 3.34. The second-order valence-electron chi connectivity index (χ2n) is 10.2. The van der Waals surface area contributed by atoms with Crippen LogP contribution in [-0.4, -0.2) is 58.9 Å². The van der Waals surface area contributed by atoms with Gasteiger partial charge in [-0.2, -0.15) is 0 Å². The maximum atomic E-state index is 11.7. The number of likely N-dealkylation sites (tertiary alicyclic amines) is 1. The molecular weight excluding hydrogens is 498 g/mol. The average molecular weight is 530 g/mol. The lowest BCUT2D eigenvalue weighted by Crippen LogP contribution is -2.37.